The van der Waals surface area contributed by atoms with Crippen LogP contribution in [0.3, 0.4) is 0 Å². The van der Waals surface area contributed by atoms with Crippen molar-refractivity contribution >= 4 is 40.1 Å². The Hall–Kier alpha value is -3.50. The molecule has 1 amide bonds. The van der Waals surface area contributed by atoms with Gasteiger partial charge < -0.3 is 10.1 Å². The molecule has 3 aromatic heterocycles. The molecule has 1 fully saturated rings. The van der Waals surface area contributed by atoms with Crippen molar-refractivity contribution in [1.29, 1.82) is 0 Å². The Morgan fingerprint density at radius 1 is 1.13 bits per heavy atom. The molecule has 3 heterocycles. The molecular formula is C27H25Cl2F2N5O3. The SMILES string of the molecule is COc1ccc(Cl)c(-n2c(=O)n(CC3CCC(NC(=O)c4cc(Cl)cnc4C(F)F)CC3)c3cnccc32)c1. The van der Waals surface area contributed by atoms with Gasteiger partial charge in [-0.15, -0.1) is 0 Å². The zero-order valence-electron chi connectivity index (χ0n) is 20.9. The van der Waals surface area contributed by atoms with E-state index < -0.39 is 18.0 Å². The number of rotatable bonds is 7. The van der Waals surface area contributed by atoms with E-state index in [1.165, 1.54) is 6.07 Å². The fourth-order valence-corrected chi connectivity index (χ4v) is 5.48. The van der Waals surface area contributed by atoms with Gasteiger partial charge in [-0.2, -0.15) is 0 Å². The summed E-state index contributed by atoms with van der Waals surface area (Å²) in [5.41, 5.74) is 0.826. The van der Waals surface area contributed by atoms with Crippen LogP contribution < -0.4 is 15.7 Å². The third-order valence-electron chi connectivity index (χ3n) is 7.09. The van der Waals surface area contributed by atoms with Crippen molar-refractivity contribution in [3.05, 3.63) is 80.7 Å². The summed E-state index contributed by atoms with van der Waals surface area (Å²) in [5, 5.41) is 3.37. The first-order chi connectivity index (χ1) is 18.8. The zero-order chi connectivity index (χ0) is 27.7. The average molecular weight is 576 g/mol. The second kappa shape index (κ2) is 11.3. The molecule has 0 aliphatic heterocycles. The Bertz CT molecular complexity index is 1580. The van der Waals surface area contributed by atoms with E-state index >= 15 is 0 Å². The Kier molecular flexibility index (Phi) is 7.86. The Labute approximate surface area is 232 Å². The number of imidazole rings is 1. The molecule has 1 aliphatic carbocycles. The predicted octanol–water partition coefficient (Wildman–Crippen LogP) is 5.82. The lowest BCUT2D eigenvalue weighted by Crippen LogP contribution is -2.39. The number of benzene rings is 1. The second-order valence-electron chi connectivity index (χ2n) is 9.49. The van der Waals surface area contributed by atoms with Gasteiger partial charge in [0.1, 0.15) is 11.4 Å². The number of hydrogen-bond donors (Lipinski definition) is 1. The van der Waals surface area contributed by atoms with Crippen LogP contribution in [0.4, 0.5) is 8.78 Å². The standard InChI is InChI=1S/C27H25Cl2F2N5O3/c1-39-18-6-7-20(29)22(11-18)36-21-8-9-32-13-23(21)35(27(36)38)14-15-2-4-17(5-3-15)34-26(37)19-10-16(28)12-33-24(19)25(30)31/h6-13,15,17,25H,2-5,14H2,1H3,(H,34,37). The number of carbonyl (C=O) groups excluding carboxylic acids is 1. The van der Waals surface area contributed by atoms with Gasteiger partial charge in [0.2, 0.25) is 0 Å². The summed E-state index contributed by atoms with van der Waals surface area (Å²) in [6, 6.07) is 7.93. The summed E-state index contributed by atoms with van der Waals surface area (Å²) in [6.07, 6.45) is 4.25. The van der Waals surface area contributed by atoms with Crippen LogP contribution in [-0.4, -0.2) is 38.2 Å². The van der Waals surface area contributed by atoms with E-state index in [4.69, 9.17) is 27.9 Å². The van der Waals surface area contributed by atoms with E-state index in [2.05, 4.69) is 15.3 Å². The maximum Gasteiger partial charge on any atom is 0.333 e. The van der Waals surface area contributed by atoms with Crippen molar-refractivity contribution in [2.45, 2.75) is 44.7 Å². The van der Waals surface area contributed by atoms with Crippen LogP contribution in [0.2, 0.25) is 10.0 Å². The van der Waals surface area contributed by atoms with Gasteiger partial charge in [-0.25, -0.2) is 13.6 Å². The van der Waals surface area contributed by atoms with Crippen molar-refractivity contribution in [2.24, 2.45) is 5.92 Å². The number of alkyl halides is 2. The lowest BCUT2D eigenvalue weighted by Gasteiger charge is -2.29. The summed E-state index contributed by atoms with van der Waals surface area (Å²) >= 11 is 12.4. The summed E-state index contributed by atoms with van der Waals surface area (Å²) in [6.45, 7) is 0.462. The Balaban J connectivity index is 1.33. The van der Waals surface area contributed by atoms with Crippen LogP contribution in [0, 0.1) is 5.92 Å². The minimum absolute atomic E-state index is 0.114. The van der Waals surface area contributed by atoms with Gasteiger partial charge in [0, 0.05) is 31.0 Å². The van der Waals surface area contributed by atoms with Crippen molar-refractivity contribution < 1.29 is 18.3 Å². The molecule has 0 atom stereocenters. The highest BCUT2D eigenvalue weighted by Crippen LogP contribution is 2.30. The first-order valence-corrected chi connectivity index (χ1v) is 13.2. The van der Waals surface area contributed by atoms with Crippen molar-refractivity contribution in [1.82, 2.24) is 24.4 Å². The molecule has 4 aromatic rings. The highest BCUT2D eigenvalue weighted by Gasteiger charge is 2.27. The van der Waals surface area contributed by atoms with Gasteiger partial charge in [0.05, 0.1) is 45.6 Å². The van der Waals surface area contributed by atoms with Crippen LogP contribution >= 0.6 is 23.2 Å². The summed E-state index contributed by atoms with van der Waals surface area (Å²) in [5.74, 6) is 0.121. The third-order valence-corrected chi connectivity index (χ3v) is 7.61. The summed E-state index contributed by atoms with van der Waals surface area (Å²) in [4.78, 5) is 34.3. The van der Waals surface area contributed by atoms with Gasteiger partial charge in [-0.1, -0.05) is 23.2 Å². The normalized spacial score (nSPS) is 17.5. The molecule has 5 rings (SSSR count). The molecule has 8 nitrogen and oxygen atoms in total. The molecule has 1 aliphatic rings. The number of methoxy groups -OCH3 is 1. The molecule has 12 heteroatoms. The number of aromatic nitrogens is 4. The molecule has 204 valence electrons. The predicted molar refractivity (Wildman–Crippen MR) is 144 cm³/mol. The van der Waals surface area contributed by atoms with Gasteiger partial charge in [-0.3, -0.25) is 23.9 Å². The first kappa shape index (κ1) is 27.1. The van der Waals surface area contributed by atoms with Gasteiger partial charge in [0.15, 0.2) is 0 Å². The number of nitrogens with one attached hydrogen (secondary N) is 1. The Morgan fingerprint density at radius 2 is 1.90 bits per heavy atom. The molecule has 0 unspecified atom stereocenters. The zero-order valence-corrected chi connectivity index (χ0v) is 22.4. The lowest BCUT2D eigenvalue weighted by atomic mass is 9.85. The van der Waals surface area contributed by atoms with Crippen molar-refractivity contribution in [3.8, 4) is 11.4 Å². The van der Waals surface area contributed by atoms with E-state index in [9.17, 15) is 18.4 Å². The van der Waals surface area contributed by atoms with Crippen LogP contribution in [-0.2, 0) is 6.54 Å². The fraction of sp³-hybridized carbons (Fsp3) is 0.333. The van der Waals surface area contributed by atoms with Crippen LogP contribution in [0.25, 0.3) is 16.7 Å². The molecule has 39 heavy (non-hydrogen) atoms. The van der Waals surface area contributed by atoms with Crippen LogP contribution in [0.5, 0.6) is 5.75 Å². The topological polar surface area (TPSA) is 91.0 Å². The number of carbonyl (C=O) groups is 1. The van der Waals surface area contributed by atoms with E-state index in [1.54, 1.807) is 52.9 Å². The van der Waals surface area contributed by atoms with E-state index in [1.807, 2.05) is 0 Å². The van der Waals surface area contributed by atoms with Crippen LogP contribution in [0.15, 0.2) is 53.7 Å². The summed E-state index contributed by atoms with van der Waals surface area (Å²) < 4.78 is 35.3. The number of hydrogen-bond acceptors (Lipinski definition) is 5. The van der Waals surface area contributed by atoms with Gasteiger partial charge >= 0.3 is 5.69 Å². The number of halogens is 4. The van der Waals surface area contributed by atoms with Gasteiger partial charge in [0.25, 0.3) is 12.3 Å². The number of fused-ring (bicyclic) bond motifs is 1. The molecule has 0 radical (unpaired) electrons. The van der Waals surface area contributed by atoms with Crippen molar-refractivity contribution in [2.75, 3.05) is 7.11 Å². The minimum Gasteiger partial charge on any atom is -0.497 e. The van der Waals surface area contributed by atoms with E-state index in [-0.39, 0.29) is 28.2 Å². The first-order valence-electron chi connectivity index (χ1n) is 12.4. The molecule has 0 bridgehead atoms. The minimum atomic E-state index is -2.89. The van der Waals surface area contributed by atoms with Crippen molar-refractivity contribution in [3.63, 3.8) is 0 Å². The molecular weight excluding hydrogens is 551 g/mol. The van der Waals surface area contributed by atoms with E-state index in [0.29, 0.717) is 46.9 Å². The lowest BCUT2D eigenvalue weighted by molar-refractivity contribution is 0.0904. The summed E-state index contributed by atoms with van der Waals surface area (Å²) in [7, 11) is 1.55. The highest BCUT2D eigenvalue weighted by molar-refractivity contribution is 6.32. The number of amides is 1. The highest BCUT2D eigenvalue weighted by atomic mass is 35.5. The molecule has 1 saturated carbocycles. The average Bonchev–Trinajstić information content (AvgIpc) is 3.20. The molecule has 0 saturated heterocycles. The fourth-order valence-electron chi connectivity index (χ4n) is 5.12. The largest absolute Gasteiger partial charge is 0.497 e. The maximum absolute atomic E-state index is 13.7. The van der Waals surface area contributed by atoms with Crippen LogP contribution in [0.1, 0.15) is 48.2 Å². The maximum atomic E-state index is 13.7. The Morgan fingerprint density at radius 3 is 2.62 bits per heavy atom. The second-order valence-corrected chi connectivity index (χ2v) is 10.3. The molecule has 1 N–H and O–H groups in total. The quantitative estimate of drug-likeness (QED) is 0.299. The third kappa shape index (κ3) is 5.49. The number of nitrogens with zero attached hydrogens (tertiary/aromatic N) is 4. The molecule has 0 spiro atoms. The monoisotopic (exact) mass is 575 g/mol. The van der Waals surface area contributed by atoms with Gasteiger partial charge in [-0.05, 0) is 55.9 Å². The molecule has 1 aromatic carbocycles. The smallest absolute Gasteiger partial charge is 0.333 e. The number of ether oxygens (including phenoxy) is 1. The van der Waals surface area contributed by atoms with E-state index in [0.717, 1.165) is 19.0 Å². The number of pyridine rings is 2.